The molecule has 0 aliphatic carbocycles. The largest absolute Gasteiger partial charge is 0.381 e. The second kappa shape index (κ2) is 8.10. The number of carbonyl (C=O) groups is 1. The molecule has 1 fully saturated rings. The van der Waals surface area contributed by atoms with Gasteiger partial charge in [-0.1, -0.05) is 30.3 Å². The third kappa shape index (κ3) is 4.79. The minimum absolute atomic E-state index is 0.0741. The van der Waals surface area contributed by atoms with Crippen LogP contribution in [0.3, 0.4) is 0 Å². The highest BCUT2D eigenvalue weighted by atomic mass is 32.1. The fraction of sp³-hybridized carbons (Fsp3) is 0.500. The average Bonchev–Trinajstić information content (AvgIpc) is 2.73. The molecule has 1 N–H and O–H groups in total. The lowest BCUT2D eigenvalue weighted by atomic mass is 10.2. The molecule has 1 aliphatic rings. The van der Waals surface area contributed by atoms with E-state index in [4.69, 9.17) is 17.0 Å². The second-order valence-electron chi connectivity index (χ2n) is 5.22. The van der Waals surface area contributed by atoms with Crippen LogP contribution in [0.4, 0.5) is 0 Å². The van der Waals surface area contributed by atoms with E-state index in [0.717, 1.165) is 32.5 Å². The Kier molecular flexibility index (Phi) is 6.14. The molecule has 4 nitrogen and oxygen atoms in total. The number of thiocarbonyl (C=S) groups is 1. The van der Waals surface area contributed by atoms with Gasteiger partial charge in [-0.15, -0.1) is 0 Å². The van der Waals surface area contributed by atoms with Crippen LogP contribution in [-0.4, -0.2) is 41.7 Å². The van der Waals surface area contributed by atoms with E-state index in [1.807, 2.05) is 25.1 Å². The molecule has 21 heavy (non-hydrogen) atoms. The summed E-state index contributed by atoms with van der Waals surface area (Å²) in [5.74, 6) is 0.0741. The Morgan fingerprint density at radius 1 is 1.24 bits per heavy atom. The fourth-order valence-electron chi connectivity index (χ4n) is 2.28. The Morgan fingerprint density at radius 2 is 2.00 bits per heavy atom. The standard InChI is InChI=1S/C16H22N2O2S/c1-13-15(19)18(16(21)17-13)10-5-6-11-20-12-9-14-7-3-2-4-8-14/h2-4,7-8,13H,5-6,9-12H2,1H3,(H,17,21)/t13-/m1/s1. The van der Waals surface area contributed by atoms with Crippen LogP contribution in [-0.2, 0) is 16.0 Å². The lowest BCUT2D eigenvalue weighted by Gasteiger charge is -2.14. The summed E-state index contributed by atoms with van der Waals surface area (Å²) in [5.41, 5.74) is 1.30. The van der Waals surface area contributed by atoms with Crippen molar-refractivity contribution >= 4 is 23.2 Å². The van der Waals surface area contributed by atoms with E-state index in [1.165, 1.54) is 5.56 Å². The van der Waals surface area contributed by atoms with Crippen LogP contribution in [0.15, 0.2) is 30.3 Å². The monoisotopic (exact) mass is 306 g/mol. The Morgan fingerprint density at radius 3 is 2.67 bits per heavy atom. The van der Waals surface area contributed by atoms with Crippen molar-refractivity contribution in [1.82, 2.24) is 10.2 Å². The van der Waals surface area contributed by atoms with Crippen LogP contribution >= 0.6 is 12.2 Å². The Bertz CT molecular complexity index is 478. The first-order valence-electron chi connectivity index (χ1n) is 7.42. The number of hydrogen-bond acceptors (Lipinski definition) is 3. The van der Waals surface area contributed by atoms with E-state index < -0.39 is 0 Å². The fourth-order valence-corrected chi connectivity index (χ4v) is 2.64. The van der Waals surface area contributed by atoms with Crippen LogP contribution in [0.5, 0.6) is 0 Å². The molecule has 114 valence electrons. The van der Waals surface area contributed by atoms with Gasteiger partial charge in [0.2, 0.25) is 0 Å². The molecule has 1 saturated heterocycles. The molecule has 0 bridgehead atoms. The summed E-state index contributed by atoms with van der Waals surface area (Å²) in [7, 11) is 0. The van der Waals surface area contributed by atoms with Gasteiger partial charge in [0.15, 0.2) is 5.11 Å². The SMILES string of the molecule is C[C@H]1NC(=S)N(CCCCOCCc2ccccc2)C1=O. The number of nitrogens with zero attached hydrogens (tertiary/aromatic N) is 1. The van der Waals surface area contributed by atoms with Crippen molar-refractivity contribution in [3.05, 3.63) is 35.9 Å². The van der Waals surface area contributed by atoms with Crippen molar-refractivity contribution in [2.75, 3.05) is 19.8 Å². The van der Waals surface area contributed by atoms with Gasteiger partial charge in [-0.05, 0) is 44.0 Å². The maximum atomic E-state index is 11.8. The van der Waals surface area contributed by atoms with E-state index in [-0.39, 0.29) is 11.9 Å². The molecule has 1 aromatic carbocycles. The van der Waals surface area contributed by atoms with Crippen LogP contribution in [0.1, 0.15) is 25.3 Å². The van der Waals surface area contributed by atoms with Gasteiger partial charge < -0.3 is 10.1 Å². The number of benzene rings is 1. The van der Waals surface area contributed by atoms with Crippen molar-refractivity contribution in [3.63, 3.8) is 0 Å². The third-order valence-electron chi connectivity index (χ3n) is 3.52. The summed E-state index contributed by atoms with van der Waals surface area (Å²) in [5, 5.41) is 3.53. The minimum Gasteiger partial charge on any atom is -0.381 e. The molecule has 2 rings (SSSR count). The summed E-state index contributed by atoms with van der Waals surface area (Å²) >= 11 is 5.13. The van der Waals surface area contributed by atoms with Crippen LogP contribution < -0.4 is 5.32 Å². The summed E-state index contributed by atoms with van der Waals surface area (Å²) < 4.78 is 5.63. The summed E-state index contributed by atoms with van der Waals surface area (Å²) in [6.07, 6.45) is 2.79. The van der Waals surface area contributed by atoms with Crippen LogP contribution in [0.25, 0.3) is 0 Å². The van der Waals surface area contributed by atoms with Crippen LogP contribution in [0.2, 0.25) is 0 Å². The smallest absolute Gasteiger partial charge is 0.250 e. The Balaban J connectivity index is 1.53. The molecule has 1 amide bonds. The van der Waals surface area contributed by atoms with E-state index in [2.05, 4.69) is 17.4 Å². The van der Waals surface area contributed by atoms with Crippen molar-refractivity contribution in [2.24, 2.45) is 0 Å². The first kappa shape index (κ1) is 15.9. The number of amides is 1. The van der Waals surface area contributed by atoms with Gasteiger partial charge in [0.25, 0.3) is 5.91 Å². The molecule has 5 heteroatoms. The summed E-state index contributed by atoms with van der Waals surface area (Å²) in [6, 6.07) is 10.1. The zero-order valence-corrected chi connectivity index (χ0v) is 13.2. The molecule has 0 aromatic heterocycles. The Labute approximate surface area is 131 Å². The topological polar surface area (TPSA) is 41.6 Å². The number of ether oxygens (including phenoxy) is 1. The van der Waals surface area contributed by atoms with Gasteiger partial charge in [-0.2, -0.15) is 0 Å². The highest BCUT2D eigenvalue weighted by molar-refractivity contribution is 7.80. The van der Waals surface area contributed by atoms with Gasteiger partial charge in [0.1, 0.15) is 6.04 Å². The average molecular weight is 306 g/mol. The summed E-state index contributed by atoms with van der Waals surface area (Å²) in [4.78, 5) is 13.4. The lowest BCUT2D eigenvalue weighted by molar-refractivity contribution is -0.126. The van der Waals surface area contributed by atoms with Crippen molar-refractivity contribution in [2.45, 2.75) is 32.2 Å². The first-order chi connectivity index (χ1) is 10.2. The molecule has 0 saturated carbocycles. The molecule has 0 radical (unpaired) electrons. The first-order valence-corrected chi connectivity index (χ1v) is 7.83. The molecule has 0 unspecified atom stereocenters. The number of nitrogens with one attached hydrogen (secondary N) is 1. The van der Waals surface area contributed by atoms with Gasteiger partial charge in [0, 0.05) is 13.2 Å². The van der Waals surface area contributed by atoms with E-state index >= 15 is 0 Å². The number of unbranched alkanes of at least 4 members (excludes halogenated alkanes) is 1. The van der Waals surface area contributed by atoms with Gasteiger partial charge in [0.05, 0.1) is 6.61 Å². The molecule has 0 spiro atoms. The Hall–Kier alpha value is -1.46. The lowest BCUT2D eigenvalue weighted by Crippen LogP contribution is -2.32. The highest BCUT2D eigenvalue weighted by Crippen LogP contribution is 2.08. The number of carbonyl (C=O) groups excluding carboxylic acids is 1. The zero-order chi connectivity index (χ0) is 15.1. The maximum Gasteiger partial charge on any atom is 0.250 e. The molecular formula is C16H22N2O2S. The van der Waals surface area contributed by atoms with Gasteiger partial charge in [-0.25, -0.2) is 0 Å². The van der Waals surface area contributed by atoms with E-state index in [9.17, 15) is 4.79 Å². The second-order valence-corrected chi connectivity index (χ2v) is 5.60. The maximum absolute atomic E-state index is 11.8. The summed E-state index contributed by atoms with van der Waals surface area (Å²) in [6.45, 7) is 3.98. The molecule has 1 atom stereocenters. The highest BCUT2D eigenvalue weighted by Gasteiger charge is 2.31. The number of hydrogen-bond donors (Lipinski definition) is 1. The predicted octanol–water partition coefficient (Wildman–Crippen LogP) is 2.13. The van der Waals surface area contributed by atoms with Gasteiger partial charge in [-0.3, -0.25) is 9.69 Å². The van der Waals surface area contributed by atoms with Crippen molar-refractivity contribution < 1.29 is 9.53 Å². The molecule has 1 aliphatic heterocycles. The van der Waals surface area contributed by atoms with E-state index in [0.29, 0.717) is 11.7 Å². The van der Waals surface area contributed by atoms with Crippen molar-refractivity contribution in [3.8, 4) is 0 Å². The third-order valence-corrected chi connectivity index (χ3v) is 3.86. The molecule has 1 heterocycles. The van der Waals surface area contributed by atoms with Crippen molar-refractivity contribution in [1.29, 1.82) is 0 Å². The number of rotatable bonds is 8. The molecule has 1 aromatic rings. The van der Waals surface area contributed by atoms with Gasteiger partial charge >= 0.3 is 0 Å². The van der Waals surface area contributed by atoms with E-state index in [1.54, 1.807) is 4.90 Å². The normalized spacial score (nSPS) is 18.1. The quantitative estimate of drug-likeness (QED) is 0.590. The predicted molar refractivity (Wildman–Crippen MR) is 87.1 cm³/mol. The molecular weight excluding hydrogens is 284 g/mol. The minimum atomic E-state index is -0.181. The zero-order valence-electron chi connectivity index (χ0n) is 12.4. The van der Waals surface area contributed by atoms with Crippen LogP contribution in [0, 0.1) is 0 Å².